The summed E-state index contributed by atoms with van der Waals surface area (Å²) in [7, 11) is 1.80. The second kappa shape index (κ2) is 6.69. The molecule has 2 amide bonds. The number of aromatic amines is 1. The summed E-state index contributed by atoms with van der Waals surface area (Å²) in [5.74, 6) is 0.604. The van der Waals surface area contributed by atoms with Crippen LogP contribution < -0.4 is 21.7 Å². The van der Waals surface area contributed by atoms with Crippen molar-refractivity contribution in [2.24, 2.45) is 7.05 Å². The van der Waals surface area contributed by atoms with Crippen LogP contribution in [0.1, 0.15) is 5.56 Å². The number of pyridine rings is 1. The van der Waals surface area contributed by atoms with Crippen LogP contribution in [0.5, 0.6) is 0 Å². The Morgan fingerprint density at radius 3 is 2.88 bits per heavy atom. The molecule has 0 saturated carbocycles. The second-order valence-electron chi connectivity index (χ2n) is 5.05. The molecule has 6 N–H and O–H groups in total. The molecule has 0 bridgehead atoms. The van der Waals surface area contributed by atoms with Gasteiger partial charge in [0.1, 0.15) is 11.5 Å². The van der Waals surface area contributed by atoms with E-state index in [0.717, 1.165) is 11.3 Å². The number of amides is 2. The molecule has 0 aromatic carbocycles. The SMILES string of the molecule is Cn1cc(Nc2c(NC(=O)NCc3ccncc3)n[nH]c2N)cn1. The predicted octanol–water partition coefficient (Wildman–Crippen LogP) is 1.19. The smallest absolute Gasteiger partial charge is 0.320 e. The zero-order chi connectivity index (χ0) is 16.9. The van der Waals surface area contributed by atoms with Crippen molar-refractivity contribution >= 4 is 29.0 Å². The molecule has 124 valence electrons. The molecule has 3 aromatic rings. The van der Waals surface area contributed by atoms with Gasteiger partial charge >= 0.3 is 6.03 Å². The number of nitrogens with two attached hydrogens (primary N) is 1. The van der Waals surface area contributed by atoms with Gasteiger partial charge in [0.2, 0.25) is 0 Å². The zero-order valence-corrected chi connectivity index (χ0v) is 12.9. The Morgan fingerprint density at radius 2 is 2.17 bits per heavy atom. The molecule has 0 aliphatic heterocycles. The van der Waals surface area contributed by atoms with Crippen LogP contribution in [0.15, 0.2) is 36.9 Å². The van der Waals surface area contributed by atoms with E-state index in [-0.39, 0.29) is 0 Å². The van der Waals surface area contributed by atoms with Crippen molar-refractivity contribution in [3.05, 3.63) is 42.5 Å². The second-order valence-corrected chi connectivity index (χ2v) is 5.05. The fourth-order valence-corrected chi connectivity index (χ4v) is 2.04. The van der Waals surface area contributed by atoms with Gasteiger partial charge in [0.05, 0.1) is 11.9 Å². The Morgan fingerprint density at radius 1 is 1.38 bits per heavy atom. The van der Waals surface area contributed by atoms with Gasteiger partial charge in [-0.05, 0) is 17.7 Å². The summed E-state index contributed by atoms with van der Waals surface area (Å²) < 4.78 is 1.65. The van der Waals surface area contributed by atoms with Crippen molar-refractivity contribution in [3.8, 4) is 0 Å². The van der Waals surface area contributed by atoms with E-state index in [0.29, 0.717) is 23.9 Å². The minimum Gasteiger partial charge on any atom is -0.382 e. The van der Waals surface area contributed by atoms with Crippen LogP contribution in [0.4, 0.5) is 27.8 Å². The lowest BCUT2D eigenvalue weighted by molar-refractivity contribution is 0.251. The molecule has 0 aliphatic carbocycles. The van der Waals surface area contributed by atoms with Gasteiger partial charge in [0.15, 0.2) is 5.82 Å². The summed E-state index contributed by atoms with van der Waals surface area (Å²) in [6.07, 6.45) is 6.75. The number of H-pyrrole nitrogens is 1. The normalized spacial score (nSPS) is 10.4. The lowest BCUT2D eigenvalue weighted by atomic mass is 10.3. The van der Waals surface area contributed by atoms with Crippen LogP contribution in [-0.4, -0.2) is 31.0 Å². The first kappa shape index (κ1) is 15.3. The number of anilines is 4. The van der Waals surface area contributed by atoms with Crippen LogP contribution in [0.2, 0.25) is 0 Å². The van der Waals surface area contributed by atoms with E-state index in [2.05, 4.69) is 36.2 Å². The molecule has 0 atom stereocenters. The average molecular weight is 327 g/mol. The van der Waals surface area contributed by atoms with Gasteiger partial charge in [-0.15, -0.1) is 0 Å². The summed E-state index contributed by atoms with van der Waals surface area (Å²) >= 11 is 0. The number of nitrogens with zero attached hydrogens (tertiary/aromatic N) is 4. The van der Waals surface area contributed by atoms with Gasteiger partial charge in [-0.3, -0.25) is 20.1 Å². The van der Waals surface area contributed by atoms with E-state index < -0.39 is 6.03 Å². The minimum atomic E-state index is -0.396. The van der Waals surface area contributed by atoms with Crippen LogP contribution in [0.25, 0.3) is 0 Å². The third kappa shape index (κ3) is 3.61. The number of nitrogens with one attached hydrogen (secondary N) is 4. The van der Waals surface area contributed by atoms with Gasteiger partial charge in [0.25, 0.3) is 0 Å². The molecule has 0 radical (unpaired) electrons. The van der Waals surface area contributed by atoms with E-state index in [4.69, 9.17) is 5.73 Å². The van der Waals surface area contributed by atoms with Crippen molar-refractivity contribution in [2.75, 3.05) is 16.4 Å². The molecule has 0 unspecified atom stereocenters. The largest absolute Gasteiger partial charge is 0.382 e. The third-order valence-electron chi connectivity index (χ3n) is 3.20. The van der Waals surface area contributed by atoms with E-state index in [1.165, 1.54) is 0 Å². The molecule has 0 saturated heterocycles. The predicted molar refractivity (Wildman–Crippen MR) is 89.6 cm³/mol. The quantitative estimate of drug-likeness (QED) is 0.477. The van der Waals surface area contributed by atoms with E-state index >= 15 is 0 Å². The number of carbonyl (C=O) groups excluding carboxylic acids is 1. The summed E-state index contributed by atoms with van der Waals surface area (Å²) in [6, 6.07) is 3.25. The van der Waals surface area contributed by atoms with Crippen molar-refractivity contribution in [2.45, 2.75) is 6.54 Å². The number of aromatic nitrogens is 5. The first-order valence-electron chi connectivity index (χ1n) is 7.15. The Bertz CT molecular complexity index is 824. The highest BCUT2D eigenvalue weighted by molar-refractivity contribution is 5.94. The molecular weight excluding hydrogens is 310 g/mol. The number of hydrogen-bond acceptors (Lipinski definition) is 6. The summed E-state index contributed by atoms with van der Waals surface area (Å²) in [5.41, 5.74) is 7.99. The van der Waals surface area contributed by atoms with Crippen molar-refractivity contribution < 1.29 is 4.79 Å². The van der Waals surface area contributed by atoms with Crippen molar-refractivity contribution in [3.63, 3.8) is 0 Å². The maximum Gasteiger partial charge on any atom is 0.320 e. The highest BCUT2D eigenvalue weighted by atomic mass is 16.2. The monoisotopic (exact) mass is 327 g/mol. The van der Waals surface area contributed by atoms with Crippen molar-refractivity contribution in [1.29, 1.82) is 0 Å². The molecule has 3 aromatic heterocycles. The Labute approximate surface area is 137 Å². The maximum absolute atomic E-state index is 12.0. The van der Waals surface area contributed by atoms with E-state index in [9.17, 15) is 4.79 Å². The van der Waals surface area contributed by atoms with Gasteiger partial charge < -0.3 is 16.4 Å². The van der Waals surface area contributed by atoms with Crippen LogP contribution in [0.3, 0.4) is 0 Å². The summed E-state index contributed by atoms with van der Waals surface area (Å²) in [6.45, 7) is 0.375. The molecule has 0 spiro atoms. The Balaban J connectivity index is 1.63. The molecule has 10 heteroatoms. The molecular formula is C14H17N9O. The van der Waals surface area contributed by atoms with Gasteiger partial charge in [-0.1, -0.05) is 0 Å². The van der Waals surface area contributed by atoms with Crippen LogP contribution in [0, 0.1) is 0 Å². The number of nitrogen functional groups attached to an aromatic ring is 1. The van der Waals surface area contributed by atoms with Crippen LogP contribution >= 0.6 is 0 Å². The first-order chi connectivity index (χ1) is 11.6. The van der Waals surface area contributed by atoms with Gasteiger partial charge in [0, 0.05) is 32.2 Å². The topological polar surface area (TPSA) is 139 Å². The lowest BCUT2D eigenvalue weighted by Gasteiger charge is -2.08. The maximum atomic E-state index is 12.0. The number of urea groups is 1. The standard InChI is InChI=1S/C14H17N9O/c1-23-8-10(7-18-23)19-11-12(15)21-22-13(11)20-14(24)17-6-9-2-4-16-5-3-9/h2-5,7-8,19H,6H2,1H3,(H5,15,17,20,21,22,24). The van der Waals surface area contributed by atoms with Crippen LogP contribution in [-0.2, 0) is 13.6 Å². The zero-order valence-electron chi connectivity index (χ0n) is 12.9. The third-order valence-corrected chi connectivity index (χ3v) is 3.20. The molecule has 0 fully saturated rings. The Kier molecular flexibility index (Phi) is 4.27. The lowest BCUT2D eigenvalue weighted by Crippen LogP contribution is -2.28. The summed E-state index contributed by atoms with van der Waals surface area (Å²) in [5, 5.41) is 19.1. The number of hydrogen-bond donors (Lipinski definition) is 5. The first-order valence-corrected chi connectivity index (χ1v) is 7.15. The minimum absolute atomic E-state index is 0.295. The Hall–Kier alpha value is -3.56. The highest BCUT2D eigenvalue weighted by Crippen LogP contribution is 2.28. The van der Waals surface area contributed by atoms with E-state index in [1.54, 1.807) is 36.5 Å². The molecule has 3 rings (SSSR count). The highest BCUT2D eigenvalue weighted by Gasteiger charge is 2.14. The number of aryl methyl sites for hydroxylation is 1. The van der Waals surface area contributed by atoms with E-state index in [1.807, 2.05) is 12.1 Å². The molecule has 24 heavy (non-hydrogen) atoms. The summed E-state index contributed by atoms with van der Waals surface area (Å²) in [4.78, 5) is 16.0. The fraction of sp³-hybridized carbons (Fsp3) is 0.143. The number of carbonyl (C=O) groups is 1. The van der Waals surface area contributed by atoms with Gasteiger partial charge in [-0.2, -0.15) is 10.2 Å². The average Bonchev–Trinajstić information content (AvgIpc) is 3.14. The van der Waals surface area contributed by atoms with Crippen molar-refractivity contribution in [1.82, 2.24) is 30.3 Å². The molecule has 3 heterocycles. The molecule has 0 aliphatic rings. The number of rotatable bonds is 5. The molecule has 10 nitrogen and oxygen atoms in total. The van der Waals surface area contributed by atoms with Gasteiger partial charge in [-0.25, -0.2) is 4.79 Å². The fourth-order valence-electron chi connectivity index (χ4n) is 2.04.